The van der Waals surface area contributed by atoms with Crippen molar-refractivity contribution < 1.29 is 24.0 Å². The van der Waals surface area contributed by atoms with Gasteiger partial charge in [0.1, 0.15) is 5.75 Å². The number of hydrogen-bond acceptors (Lipinski definition) is 6. The van der Waals surface area contributed by atoms with E-state index in [1.807, 2.05) is 25.1 Å². The number of ether oxygens (including phenoxy) is 2. The zero-order valence-electron chi connectivity index (χ0n) is 16.1. The SMILES string of the molecule is CCc1ccccc1OCC(=O)OCC(=O)N1CCCc2cc([N+](=O)[O-])ccc21. The van der Waals surface area contributed by atoms with Crippen molar-refractivity contribution in [1.29, 1.82) is 0 Å². The molecule has 0 bridgehead atoms. The second-order valence-corrected chi connectivity index (χ2v) is 6.63. The number of fused-ring (bicyclic) bond motifs is 1. The van der Waals surface area contributed by atoms with Crippen molar-refractivity contribution in [3.05, 3.63) is 63.7 Å². The van der Waals surface area contributed by atoms with E-state index >= 15 is 0 Å². The summed E-state index contributed by atoms with van der Waals surface area (Å²) in [5.41, 5.74) is 2.34. The lowest BCUT2D eigenvalue weighted by atomic mass is 10.0. The van der Waals surface area contributed by atoms with Crippen LogP contribution in [0, 0.1) is 10.1 Å². The number of nitrogens with zero attached hydrogens (tertiary/aromatic N) is 2. The minimum atomic E-state index is -0.634. The molecule has 0 aliphatic carbocycles. The van der Waals surface area contributed by atoms with Gasteiger partial charge in [-0.2, -0.15) is 0 Å². The Labute approximate surface area is 168 Å². The Bertz CT molecular complexity index is 927. The number of non-ortho nitro benzene ring substituents is 1. The number of aryl methyl sites for hydroxylation is 2. The van der Waals surface area contributed by atoms with Gasteiger partial charge in [-0.15, -0.1) is 0 Å². The molecule has 0 radical (unpaired) electrons. The Balaban J connectivity index is 1.56. The fourth-order valence-electron chi connectivity index (χ4n) is 3.29. The fraction of sp³-hybridized carbons (Fsp3) is 0.333. The van der Waals surface area contributed by atoms with Crippen LogP contribution in [-0.4, -0.2) is 36.6 Å². The Morgan fingerprint density at radius 2 is 1.97 bits per heavy atom. The van der Waals surface area contributed by atoms with Gasteiger partial charge >= 0.3 is 5.97 Å². The van der Waals surface area contributed by atoms with E-state index in [4.69, 9.17) is 9.47 Å². The second-order valence-electron chi connectivity index (χ2n) is 6.63. The van der Waals surface area contributed by atoms with Gasteiger partial charge < -0.3 is 14.4 Å². The van der Waals surface area contributed by atoms with Crippen molar-refractivity contribution >= 4 is 23.3 Å². The van der Waals surface area contributed by atoms with Crippen LogP contribution in [0.1, 0.15) is 24.5 Å². The van der Waals surface area contributed by atoms with Gasteiger partial charge in [0.05, 0.1) is 4.92 Å². The Hall–Kier alpha value is -3.42. The highest BCUT2D eigenvalue weighted by molar-refractivity contribution is 5.96. The molecule has 0 N–H and O–H groups in total. The molecule has 8 heteroatoms. The van der Waals surface area contributed by atoms with Crippen LogP contribution >= 0.6 is 0 Å². The average molecular weight is 398 g/mol. The topological polar surface area (TPSA) is 99.0 Å². The summed E-state index contributed by atoms with van der Waals surface area (Å²) in [5.74, 6) is -0.392. The number of amides is 1. The third kappa shape index (κ3) is 4.90. The van der Waals surface area contributed by atoms with Crippen molar-refractivity contribution in [2.24, 2.45) is 0 Å². The standard InChI is InChI=1S/C21H22N2O6/c1-2-15-6-3-4-8-19(15)28-14-21(25)29-13-20(24)22-11-5-7-16-12-17(23(26)27)9-10-18(16)22/h3-4,6,8-10,12H,2,5,7,11,13-14H2,1H3. The van der Waals surface area contributed by atoms with E-state index in [0.29, 0.717) is 30.8 Å². The molecule has 0 saturated carbocycles. The molecule has 2 aromatic rings. The number of nitro groups is 1. The molecule has 1 amide bonds. The van der Waals surface area contributed by atoms with Crippen molar-refractivity contribution in [1.82, 2.24) is 0 Å². The lowest BCUT2D eigenvalue weighted by molar-refractivity contribution is -0.384. The largest absolute Gasteiger partial charge is 0.482 e. The first-order chi connectivity index (χ1) is 14.0. The number of carbonyl (C=O) groups is 2. The van der Waals surface area contributed by atoms with E-state index in [2.05, 4.69) is 0 Å². The minimum Gasteiger partial charge on any atom is -0.482 e. The molecule has 1 aliphatic rings. The quantitative estimate of drug-likeness (QED) is 0.404. The number of hydrogen-bond donors (Lipinski definition) is 0. The average Bonchev–Trinajstić information content (AvgIpc) is 2.75. The van der Waals surface area contributed by atoms with E-state index in [9.17, 15) is 19.7 Å². The third-order valence-corrected chi connectivity index (χ3v) is 4.75. The van der Waals surface area contributed by atoms with Gasteiger partial charge in [0.2, 0.25) is 0 Å². The molecule has 29 heavy (non-hydrogen) atoms. The van der Waals surface area contributed by atoms with Crippen LogP contribution in [0.4, 0.5) is 11.4 Å². The van der Waals surface area contributed by atoms with E-state index < -0.39 is 17.5 Å². The molecule has 0 spiro atoms. The Kier molecular flexibility index (Phi) is 6.43. The predicted molar refractivity (Wildman–Crippen MR) is 106 cm³/mol. The van der Waals surface area contributed by atoms with Gasteiger partial charge in [0.25, 0.3) is 11.6 Å². The first kappa shape index (κ1) is 20.3. The van der Waals surface area contributed by atoms with Gasteiger partial charge in [-0.25, -0.2) is 4.79 Å². The molecule has 3 rings (SSSR count). The molecule has 8 nitrogen and oxygen atoms in total. The van der Waals surface area contributed by atoms with Crippen molar-refractivity contribution in [3.8, 4) is 5.75 Å². The summed E-state index contributed by atoms with van der Waals surface area (Å²) in [6.07, 6.45) is 2.12. The number of nitro benzene ring substituents is 1. The maximum Gasteiger partial charge on any atom is 0.344 e. The zero-order chi connectivity index (χ0) is 20.8. The Morgan fingerprint density at radius 1 is 1.17 bits per heavy atom. The second kappa shape index (κ2) is 9.18. The summed E-state index contributed by atoms with van der Waals surface area (Å²) in [4.78, 5) is 36.5. The smallest absolute Gasteiger partial charge is 0.344 e. The number of esters is 1. The number of carbonyl (C=O) groups excluding carboxylic acids is 2. The van der Waals surface area contributed by atoms with Gasteiger partial charge in [0, 0.05) is 24.4 Å². The van der Waals surface area contributed by atoms with Crippen LogP contribution in [0.5, 0.6) is 5.75 Å². The van der Waals surface area contributed by atoms with Gasteiger partial charge in [-0.05, 0) is 42.5 Å². The monoisotopic (exact) mass is 398 g/mol. The lowest BCUT2D eigenvalue weighted by Crippen LogP contribution is -2.38. The molecule has 1 heterocycles. The van der Waals surface area contributed by atoms with Crippen LogP contribution in [0.15, 0.2) is 42.5 Å². The van der Waals surface area contributed by atoms with Crippen molar-refractivity contribution in [2.45, 2.75) is 26.2 Å². The van der Waals surface area contributed by atoms with E-state index in [-0.39, 0.29) is 18.2 Å². The molecule has 1 aliphatic heterocycles. The van der Waals surface area contributed by atoms with Crippen molar-refractivity contribution in [3.63, 3.8) is 0 Å². The van der Waals surface area contributed by atoms with Crippen LogP contribution in [0.2, 0.25) is 0 Å². The zero-order valence-corrected chi connectivity index (χ0v) is 16.1. The van der Waals surface area contributed by atoms with Crippen LogP contribution in [-0.2, 0) is 27.2 Å². The highest BCUT2D eigenvalue weighted by atomic mass is 16.6. The van der Waals surface area contributed by atoms with Crippen LogP contribution in [0.25, 0.3) is 0 Å². The molecular weight excluding hydrogens is 376 g/mol. The van der Waals surface area contributed by atoms with E-state index in [1.165, 1.54) is 17.0 Å². The summed E-state index contributed by atoms with van der Waals surface area (Å²) in [5, 5.41) is 10.9. The number of rotatable bonds is 7. The van der Waals surface area contributed by atoms with E-state index in [1.54, 1.807) is 12.1 Å². The first-order valence-corrected chi connectivity index (χ1v) is 9.43. The normalized spacial score (nSPS) is 12.8. The molecule has 0 aromatic heterocycles. The molecule has 0 unspecified atom stereocenters. The summed E-state index contributed by atoms with van der Waals surface area (Å²) in [6, 6.07) is 11.8. The predicted octanol–water partition coefficient (Wildman–Crippen LogP) is 3.06. The summed E-state index contributed by atoms with van der Waals surface area (Å²) in [6.45, 7) is 1.77. The van der Waals surface area contributed by atoms with E-state index in [0.717, 1.165) is 17.5 Å². The lowest BCUT2D eigenvalue weighted by Gasteiger charge is -2.29. The minimum absolute atomic E-state index is 0.00557. The molecular formula is C21H22N2O6. The Morgan fingerprint density at radius 3 is 2.72 bits per heavy atom. The summed E-state index contributed by atoms with van der Waals surface area (Å²) >= 11 is 0. The third-order valence-electron chi connectivity index (χ3n) is 4.75. The van der Waals surface area contributed by atoms with Crippen LogP contribution in [0.3, 0.4) is 0 Å². The van der Waals surface area contributed by atoms with Crippen molar-refractivity contribution in [2.75, 3.05) is 24.7 Å². The highest BCUT2D eigenvalue weighted by Crippen LogP contribution is 2.30. The summed E-state index contributed by atoms with van der Waals surface area (Å²) < 4.78 is 10.6. The summed E-state index contributed by atoms with van der Waals surface area (Å²) in [7, 11) is 0. The molecule has 0 atom stereocenters. The molecule has 0 saturated heterocycles. The van der Waals surface area contributed by atoms with Gasteiger partial charge in [0.15, 0.2) is 13.2 Å². The molecule has 2 aromatic carbocycles. The highest BCUT2D eigenvalue weighted by Gasteiger charge is 2.25. The van der Waals surface area contributed by atoms with Gasteiger partial charge in [-0.1, -0.05) is 25.1 Å². The number of benzene rings is 2. The maximum absolute atomic E-state index is 12.5. The number of para-hydroxylation sites is 1. The number of anilines is 1. The molecule has 152 valence electrons. The first-order valence-electron chi connectivity index (χ1n) is 9.43. The fourth-order valence-corrected chi connectivity index (χ4v) is 3.29. The van der Waals surface area contributed by atoms with Crippen LogP contribution < -0.4 is 9.64 Å². The molecule has 0 fully saturated rings. The maximum atomic E-state index is 12.5. The van der Waals surface area contributed by atoms with Gasteiger partial charge in [-0.3, -0.25) is 14.9 Å².